The molecule has 0 saturated heterocycles. The van der Waals surface area contributed by atoms with Crippen LogP contribution in [-0.4, -0.2) is 34.1 Å². The minimum atomic E-state index is -3.97. The number of hydrogen-bond acceptors (Lipinski definition) is 7. The van der Waals surface area contributed by atoms with Crippen LogP contribution in [0.2, 0.25) is 0 Å². The van der Waals surface area contributed by atoms with Gasteiger partial charge in [0.2, 0.25) is 10.0 Å². The van der Waals surface area contributed by atoms with Gasteiger partial charge in [0.05, 0.1) is 33.5 Å². The summed E-state index contributed by atoms with van der Waals surface area (Å²) in [7, 11) is -3.97. The van der Waals surface area contributed by atoms with Gasteiger partial charge in [0.1, 0.15) is 18.2 Å². The monoisotopic (exact) mass is 497 g/mol. The van der Waals surface area contributed by atoms with Gasteiger partial charge in [-0.1, -0.05) is 48.5 Å². The molecule has 36 heavy (non-hydrogen) atoms. The number of fused-ring (bicyclic) bond motifs is 2. The van der Waals surface area contributed by atoms with Crippen LogP contribution in [0.5, 0.6) is 0 Å². The van der Waals surface area contributed by atoms with Gasteiger partial charge >= 0.3 is 0 Å². The summed E-state index contributed by atoms with van der Waals surface area (Å²) in [4.78, 5) is 24.2. The molecule has 1 unspecified atom stereocenters. The van der Waals surface area contributed by atoms with Gasteiger partial charge in [-0.25, -0.2) is 28.2 Å². The molecule has 1 aliphatic rings. The Morgan fingerprint density at radius 1 is 0.917 bits per heavy atom. The normalized spacial score (nSPS) is 15.5. The van der Waals surface area contributed by atoms with Gasteiger partial charge in [0.25, 0.3) is 5.91 Å². The van der Waals surface area contributed by atoms with Gasteiger partial charge in [-0.2, -0.15) is 5.10 Å². The number of rotatable bonds is 4. The van der Waals surface area contributed by atoms with Gasteiger partial charge in [-0.05, 0) is 35.9 Å². The first-order valence-corrected chi connectivity index (χ1v) is 12.5. The highest BCUT2D eigenvalue weighted by Crippen LogP contribution is 2.45. The second-order valence-corrected chi connectivity index (χ2v) is 9.78. The molecule has 0 fully saturated rings. The summed E-state index contributed by atoms with van der Waals surface area (Å²) in [5.41, 5.74) is 2.99. The Labute approximate surface area is 206 Å². The zero-order chi connectivity index (χ0) is 24.9. The van der Waals surface area contributed by atoms with Crippen LogP contribution in [0.15, 0.2) is 96.3 Å². The van der Waals surface area contributed by atoms with E-state index in [4.69, 9.17) is 5.14 Å². The Morgan fingerprint density at radius 3 is 2.36 bits per heavy atom. The predicted molar refractivity (Wildman–Crippen MR) is 134 cm³/mol. The fraction of sp³-hybridized carbons (Fsp3) is 0.0400. The highest BCUT2D eigenvalue weighted by molar-refractivity contribution is 7.89. The van der Waals surface area contributed by atoms with Crippen LogP contribution in [0.4, 0.5) is 17.2 Å². The molecule has 3 N–H and O–H groups in total. The minimum absolute atomic E-state index is 0.107. The van der Waals surface area contributed by atoms with Crippen LogP contribution in [0.25, 0.3) is 16.7 Å². The SMILES string of the molecule is NS(=O)(=O)c1ccc2c(c1)NC(=O)C(c1ccccc1)N2c1ncnc2c1cnn2-c1ccccc1. The van der Waals surface area contributed by atoms with Crippen LogP contribution < -0.4 is 15.4 Å². The Kier molecular flexibility index (Phi) is 5.02. The Balaban J connectivity index is 1.60. The third kappa shape index (κ3) is 3.58. The number of sulfonamides is 1. The Hall–Kier alpha value is -4.61. The number of hydrogen-bond donors (Lipinski definition) is 2. The van der Waals surface area contributed by atoms with Crippen molar-refractivity contribution in [3.8, 4) is 5.69 Å². The van der Waals surface area contributed by atoms with Crippen LogP contribution in [0.3, 0.4) is 0 Å². The summed E-state index contributed by atoms with van der Waals surface area (Å²) in [5.74, 6) is 0.109. The van der Waals surface area contributed by atoms with Gasteiger partial charge in [0, 0.05) is 0 Å². The Morgan fingerprint density at radius 2 is 1.64 bits per heavy atom. The predicted octanol–water partition coefficient (Wildman–Crippen LogP) is 3.29. The number of nitrogens with two attached hydrogens (primary N) is 1. The Bertz CT molecular complexity index is 1720. The third-order valence-electron chi connectivity index (χ3n) is 6.01. The van der Waals surface area contributed by atoms with E-state index in [-0.39, 0.29) is 10.8 Å². The maximum atomic E-state index is 13.5. The summed E-state index contributed by atoms with van der Waals surface area (Å²) in [6.07, 6.45) is 3.08. The van der Waals surface area contributed by atoms with Crippen molar-refractivity contribution >= 4 is 44.2 Å². The molecule has 0 spiro atoms. The molecular formula is C25H19N7O3S. The van der Waals surface area contributed by atoms with Crippen molar-refractivity contribution in [3.63, 3.8) is 0 Å². The number of carbonyl (C=O) groups excluding carboxylic acids is 1. The number of amides is 1. The summed E-state index contributed by atoms with van der Waals surface area (Å²) < 4.78 is 25.6. The molecule has 6 rings (SSSR count). The van der Waals surface area contributed by atoms with E-state index < -0.39 is 16.1 Å². The second kappa shape index (κ2) is 8.26. The first kappa shape index (κ1) is 21.9. The molecule has 2 aromatic heterocycles. The van der Waals surface area contributed by atoms with Crippen molar-refractivity contribution in [3.05, 3.63) is 97.0 Å². The van der Waals surface area contributed by atoms with Crippen LogP contribution in [0, 0.1) is 0 Å². The zero-order valence-electron chi connectivity index (χ0n) is 18.7. The lowest BCUT2D eigenvalue weighted by Gasteiger charge is -2.37. The number of aromatic nitrogens is 4. The van der Waals surface area contributed by atoms with Crippen LogP contribution >= 0.6 is 0 Å². The minimum Gasteiger partial charge on any atom is -0.322 e. The topological polar surface area (TPSA) is 136 Å². The fourth-order valence-electron chi connectivity index (χ4n) is 4.41. The number of primary sulfonamides is 1. The average molecular weight is 498 g/mol. The van der Waals surface area contributed by atoms with E-state index >= 15 is 0 Å². The molecule has 0 saturated carbocycles. The number of benzene rings is 3. The highest BCUT2D eigenvalue weighted by Gasteiger charge is 2.37. The molecule has 178 valence electrons. The van der Waals surface area contributed by atoms with Gasteiger partial charge in [-0.15, -0.1) is 0 Å². The fourth-order valence-corrected chi connectivity index (χ4v) is 4.95. The molecule has 0 radical (unpaired) electrons. The summed E-state index contributed by atoms with van der Waals surface area (Å²) in [5, 5.41) is 13.3. The van der Waals surface area contributed by atoms with Gasteiger partial charge in [0.15, 0.2) is 5.65 Å². The highest BCUT2D eigenvalue weighted by atomic mass is 32.2. The number of para-hydroxylation sites is 1. The molecule has 1 aliphatic heterocycles. The van der Waals surface area contributed by atoms with Crippen molar-refractivity contribution in [2.75, 3.05) is 10.2 Å². The lowest BCUT2D eigenvalue weighted by Crippen LogP contribution is -2.39. The summed E-state index contributed by atoms with van der Waals surface area (Å²) in [6, 6.07) is 22.4. The lowest BCUT2D eigenvalue weighted by molar-refractivity contribution is -0.117. The number of nitrogens with zero attached hydrogens (tertiary/aromatic N) is 5. The largest absolute Gasteiger partial charge is 0.322 e. The van der Waals surface area contributed by atoms with Crippen molar-refractivity contribution < 1.29 is 13.2 Å². The summed E-state index contributed by atoms with van der Waals surface area (Å²) in [6.45, 7) is 0. The molecule has 3 aromatic carbocycles. The molecule has 11 heteroatoms. The van der Waals surface area contributed by atoms with E-state index in [9.17, 15) is 13.2 Å². The van der Waals surface area contributed by atoms with Gasteiger partial charge < -0.3 is 10.2 Å². The standard InChI is InChI=1S/C25H19N7O3S/c26-36(34,35)18-11-12-21-20(13-18)30-25(33)22(16-7-3-1-4-8-16)31(21)23-19-14-29-32(24(19)28-15-27-23)17-9-5-2-6-10-17/h1-15,22H,(H,30,33)(H2,26,34,35). The quantitative estimate of drug-likeness (QED) is 0.389. The number of anilines is 3. The van der Waals surface area contributed by atoms with E-state index in [0.717, 1.165) is 11.3 Å². The van der Waals surface area contributed by atoms with Crippen molar-refractivity contribution in [2.45, 2.75) is 10.9 Å². The maximum Gasteiger partial charge on any atom is 0.252 e. The number of nitrogens with one attached hydrogen (secondary N) is 1. The first-order chi connectivity index (χ1) is 17.4. The molecule has 1 atom stereocenters. The van der Waals surface area contributed by atoms with Crippen LogP contribution in [0.1, 0.15) is 11.6 Å². The third-order valence-corrected chi connectivity index (χ3v) is 6.92. The lowest BCUT2D eigenvalue weighted by atomic mass is 9.99. The van der Waals surface area contributed by atoms with Crippen molar-refractivity contribution in [1.29, 1.82) is 0 Å². The van der Waals surface area contributed by atoms with E-state index in [1.807, 2.05) is 60.7 Å². The maximum absolute atomic E-state index is 13.5. The van der Waals surface area contributed by atoms with E-state index in [1.54, 1.807) is 21.8 Å². The second-order valence-electron chi connectivity index (χ2n) is 8.22. The molecule has 0 aliphatic carbocycles. The zero-order valence-corrected chi connectivity index (χ0v) is 19.5. The van der Waals surface area contributed by atoms with E-state index in [0.29, 0.717) is 28.2 Å². The summed E-state index contributed by atoms with van der Waals surface area (Å²) >= 11 is 0. The molecule has 10 nitrogen and oxygen atoms in total. The van der Waals surface area contributed by atoms with E-state index in [2.05, 4.69) is 20.4 Å². The van der Waals surface area contributed by atoms with Crippen molar-refractivity contribution in [1.82, 2.24) is 19.7 Å². The smallest absolute Gasteiger partial charge is 0.252 e. The average Bonchev–Trinajstić information content (AvgIpc) is 3.32. The first-order valence-electron chi connectivity index (χ1n) is 11.0. The molecular weight excluding hydrogens is 478 g/mol. The van der Waals surface area contributed by atoms with Gasteiger partial charge in [-0.3, -0.25) is 4.79 Å². The van der Waals surface area contributed by atoms with Crippen molar-refractivity contribution in [2.24, 2.45) is 5.14 Å². The van der Waals surface area contributed by atoms with E-state index in [1.165, 1.54) is 18.5 Å². The molecule has 3 heterocycles. The number of carbonyl (C=O) groups is 1. The molecule has 5 aromatic rings. The van der Waals surface area contributed by atoms with Crippen LogP contribution in [-0.2, 0) is 14.8 Å². The molecule has 0 bridgehead atoms. The molecule has 1 amide bonds.